The summed E-state index contributed by atoms with van der Waals surface area (Å²) in [6.07, 6.45) is 0.158. The molecule has 2 aromatic rings. The summed E-state index contributed by atoms with van der Waals surface area (Å²) in [7, 11) is 1.54. The average Bonchev–Trinajstić information content (AvgIpc) is 2.43. The third-order valence-electron chi connectivity index (χ3n) is 2.81. The van der Waals surface area contributed by atoms with Crippen molar-refractivity contribution in [2.45, 2.75) is 6.42 Å². The first-order chi connectivity index (χ1) is 9.58. The molecule has 0 unspecified atom stereocenters. The minimum absolute atomic E-state index is 0.158. The summed E-state index contributed by atoms with van der Waals surface area (Å²) in [4.78, 5) is 11.9. The van der Waals surface area contributed by atoms with Crippen molar-refractivity contribution in [3.8, 4) is 5.75 Å². The molecule has 2 rings (SSSR count). The first-order valence-electron chi connectivity index (χ1n) is 6.06. The van der Waals surface area contributed by atoms with Gasteiger partial charge in [0.15, 0.2) is 0 Å². The molecule has 104 valence electrons. The number of halogens is 1. The van der Waals surface area contributed by atoms with E-state index >= 15 is 0 Å². The normalized spacial score (nSPS) is 10.1. The number of nitrogens with one attached hydrogen (secondary N) is 1. The lowest BCUT2D eigenvalue weighted by Gasteiger charge is -2.09. The number of amides is 1. The van der Waals surface area contributed by atoms with E-state index in [2.05, 4.69) is 5.32 Å². The quantitative estimate of drug-likeness (QED) is 0.842. The number of hydrogen-bond donors (Lipinski definition) is 2. The molecule has 3 N–H and O–H groups in total. The predicted octanol–water partition coefficient (Wildman–Crippen LogP) is 2.60. The minimum atomic E-state index is -0.325. The molecule has 0 spiro atoms. The fourth-order valence-electron chi connectivity index (χ4n) is 1.76. The lowest BCUT2D eigenvalue weighted by molar-refractivity contribution is -0.115. The van der Waals surface area contributed by atoms with Crippen LogP contribution in [0.25, 0.3) is 0 Å². The molecule has 0 bridgehead atoms. The van der Waals surface area contributed by atoms with Gasteiger partial charge in [0.25, 0.3) is 0 Å². The molecular formula is C15H15FN2O2. The topological polar surface area (TPSA) is 64.3 Å². The van der Waals surface area contributed by atoms with E-state index in [1.807, 2.05) is 0 Å². The Labute approximate surface area is 116 Å². The van der Waals surface area contributed by atoms with Gasteiger partial charge in [-0.25, -0.2) is 4.39 Å². The number of methoxy groups -OCH3 is 1. The second-order valence-corrected chi connectivity index (χ2v) is 4.30. The number of carbonyl (C=O) groups excluding carboxylic acids is 1. The highest BCUT2D eigenvalue weighted by Crippen LogP contribution is 2.24. The third kappa shape index (κ3) is 3.47. The van der Waals surface area contributed by atoms with Gasteiger partial charge in [0.05, 0.1) is 24.9 Å². The van der Waals surface area contributed by atoms with E-state index in [1.165, 1.54) is 12.1 Å². The van der Waals surface area contributed by atoms with Crippen LogP contribution >= 0.6 is 0 Å². The number of carbonyl (C=O) groups is 1. The molecule has 0 saturated heterocycles. The van der Waals surface area contributed by atoms with Crippen LogP contribution in [0.3, 0.4) is 0 Å². The van der Waals surface area contributed by atoms with Crippen LogP contribution in [0.15, 0.2) is 42.5 Å². The van der Waals surface area contributed by atoms with Crippen molar-refractivity contribution >= 4 is 17.3 Å². The Kier molecular flexibility index (Phi) is 4.20. The van der Waals surface area contributed by atoms with Gasteiger partial charge in [-0.05, 0) is 29.8 Å². The number of rotatable bonds is 4. The standard InChI is InChI=1S/C15H15FN2O2/c1-20-12-6-7-14(13(17)9-12)18-15(19)8-10-2-4-11(16)5-3-10/h2-7,9H,8,17H2,1H3,(H,18,19). The maximum Gasteiger partial charge on any atom is 0.228 e. The molecule has 0 aliphatic heterocycles. The molecule has 0 saturated carbocycles. The Morgan fingerprint density at radius 1 is 1.25 bits per heavy atom. The summed E-state index contributed by atoms with van der Waals surface area (Å²) >= 11 is 0. The number of benzene rings is 2. The monoisotopic (exact) mass is 274 g/mol. The fourth-order valence-corrected chi connectivity index (χ4v) is 1.76. The summed E-state index contributed by atoms with van der Waals surface area (Å²) in [6.45, 7) is 0. The van der Waals surface area contributed by atoms with E-state index in [4.69, 9.17) is 10.5 Å². The van der Waals surface area contributed by atoms with Gasteiger partial charge in [-0.1, -0.05) is 12.1 Å². The third-order valence-corrected chi connectivity index (χ3v) is 2.81. The van der Waals surface area contributed by atoms with Crippen molar-refractivity contribution in [1.82, 2.24) is 0 Å². The molecule has 5 heteroatoms. The Balaban J connectivity index is 2.02. The predicted molar refractivity (Wildman–Crippen MR) is 76.1 cm³/mol. The van der Waals surface area contributed by atoms with Gasteiger partial charge >= 0.3 is 0 Å². The highest BCUT2D eigenvalue weighted by Gasteiger charge is 2.07. The molecular weight excluding hydrogens is 259 g/mol. The lowest BCUT2D eigenvalue weighted by Crippen LogP contribution is -2.15. The first-order valence-corrected chi connectivity index (χ1v) is 6.06. The van der Waals surface area contributed by atoms with Crippen molar-refractivity contribution in [3.05, 3.63) is 53.8 Å². The Hall–Kier alpha value is -2.56. The van der Waals surface area contributed by atoms with Crippen molar-refractivity contribution in [3.63, 3.8) is 0 Å². The number of nitrogen functional groups attached to an aromatic ring is 1. The molecule has 1 amide bonds. The average molecular weight is 274 g/mol. The summed E-state index contributed by atoms with van der Waals surface area (Å²) in [6, 6.07) is 10.8. The SMILES string of the molecule is COc1ccc(NC(=O)Cc2ccc(F)cc2)c(N)c1. The van der Waals surface area contributed by atoms with Crippen LogP contribution in [-0.4, -0.2) is 13.0 Å². The van der Waals surface area contributed by atoms with E-state index in [-0.39, 0.29) is 18.1 Å². The highest BCUT2D eigenvalue weighted by atomic mass is 19.1. The maximum absolute atomic E-state index is 12.8. The smallest absolute Gasteiger partial charge is 0.228 e. The van der Waals surface area contributed by atoms with Crippen molar-refractivity contribution in [1.29, 1.82) is 0 Å². The lowest BCUT2D eigenvalue weighted by atomic mass is 10.1. The fraction of sp³-hybridized carbons (Fsp3) is 0.133. The number of ether oxygens (including phenoxy) is 1. The van der Waals surface area contributed by atoms with Gasteiger partial charge in [0, 0.05) is 6.07 Å². The van der Waals surface area contributed by atoms with Gasteiger partial charge in [0.2, 0.25) is 5.91 Å². The van der Waals surface area contributed by atoms with Crippen molar-refractivity contribution in [2.24, 2.45) is 0 Å². The van der Waals surface area contributed by atoms with Crippen LogP contribution in [0.4, 0.5) is 15.8 Å². The van der Waals surface area contributed by atoms with Crippen LogP contribution in [0.5, 0.6) is 5.75 Å². The maximum atomic E-state index is 12.8. The largest absolute Gasteiger partial charge is 0.497 e. The zero-order valence-electron chi connectivity index (χ0n) is 11.0. The summed E-state index contributed by atoms with van der Waals surface area (Å²) in [5.41, 5.74) is 7.50. The van der Waals surface area contributed by atoms with Crippen molar-refractivity contribution < 1.29 is 13.9 Å². The zero-order valence-corrected chi connectivity index (χ0v) is 11.0. The second kappa shape index (κ2) is 6.06. The van der Waals surface area contributed by atoms with E-state index < -0.39 is 0 Å². The molecule has 0 aliphatic rings. The van der Waals surface area contributed by atoms with E-state index in [1.54, 1.807) is 37.4 Å². The van der Waals surface area contributed by atoms with Crippen LogP contribution in [0.1, 0.15) is 5.56 Å². The molecule has 0 aromatic heterocycles. The molecule has 2 aromatic carbocycles. The number of nitrogens with two attached hydrogens (primary N) is 1. The number of anilines is 2. The molecule has 0 heterocycles. The highest BCUT2D eigenvalue weighted by molar-refractivity contribution is 5.95. The molecule has 0 fully saturated rings. The summed E-state index contributed by atoms with van der Waals surface area (Å²) < 4.78 is 17.8. The van der Waals surface area contributed by atoms with Gasteiger partial charge in [-0.15, -0.1) is 0 Å². The minimum Gasteiger partial charge on any atom is -0.497 e. The summed E-state index contributed by atoms with van der Waals surface area (Å²) in [5, 5.41) is 2.71. The van der Waals surface area contributed by atoms with Crippen LogP contribution in [0.2, 0.25) is 0 Å². The molecule has 20 heavy (non-hydrogen) atoms. The van der Waals surface area contributed by atoms with Crippen LogP contribution in [-0.2, 0) is 11.2 Å². The van der Waals surface area contributed by atoms with Crippen LogP contribution in [0, 0.1) is 5.82 Å². The Bertz CT molecular complexity index is 612. The zero-order chi connectivity index (χ0) is 14.5. The summed E-state index contributed by atoms with van der Waals surface area (Å²) in [5.74, 6) is 0.0843. The molecule has 4 nitrogen and oxygen atoms in total. The second-order valence-electron chi connectivity index (χ2n) is 4.30. The first kappa shape index (κ1) is 13.9. The molecule has 0 radical (unpaired) electrons. The molecule has 0 aliphatic carbocycles. The van der Waals surface area contributed by atoms with Crippen molar-refractivity contribution in [2.75, 3.05) is 18.2 Å². The Morgan fingerprint density at radius 2 is 1.95 bits per heavy atom. The van der Waals surface area contributed by atoms with Crippen LogP contribution < -0.4 is 15.8 Å². The van der Waals surface area contributed by atoms with E-state index in [9.17, 15) is 9.18 Å². The van der Waals surface area contributed by atoms with E-state index in [0.717, 1.165) is 5.56 Å². The number of hydrogen-bond acceptors (Lipinski definition) is 3. The Morgan fingerprint density at radius 3 is 2.55 bits per heavy atom. The van der Waals surface area contributed by atoms with E-state index in [0.29, 0.717) is 17.1 Å². The van der Waals surface area contributed by atoms with Gasteiger partial charge < -0.3 is 15.8 Å². The van der Waals surface area contributed by atoms with Gasteiger partial charge in [-0.3, -0.25) is 4.79 Å². The molecule has 0 atom stereocenters. The van der Waals surface area contributed by atoms with Gasteiger partial charge in [-0.2, -0.15) is 0 Å². The van der Waals surface area contributed by atoms with Gasteiger partial charge in [0.1, 0.15) is 11.6 Å².